The molecular weight excluding hydrogens is 915 g/mol. The number of amides is 2. The number of anilines is 3. The van der Waals surface area contributed by atoms with E-state index in [2.05, 4.69) is 42.5 Å². The number of nitrogens with one attached hydrogen (secondary N) is 2. The van der Waals surface area contributed by atoms with Crippen molar-refractivity contribution >= 4 is 50.2 Å². The van der Waals surface area contributed by atoms with Gasteiger partial charge in [-0.1, -0.05) is 0 Å². The highest BCUT2D eigenvalue weighted by Gasteiger charge is 2.38. The molecular formula is C45H53F4N11O7S. The van der Waals surface area contributed by atoms with Crippen LogP contribution in [0.3, 0.4) is 0 Å². The van der Waals surface area contributed by atoms with E-state index in [-0.39, 0.29) is 77.6 Å². The number of ether oxygens (including phenoxy) is 2. The lowest BCUT2D eigenvalue weighted by molar-refractivity contribution is -0.138. The van der Waals surface area contributed by atoms with Gasteiger partial charge in [0.25, 0.3) is 0 Å². The molecule has 1 atom stereocenters. The molecule has 9 rings (SSSR count). The summed E-state index contributed by atoms with van der Waals surface area (Å²) in [6.45, 7) is 3.61. The molecule has 4 aliphatic rings. The van der Waals surface area contributed by atoms with Crippen LogP contribution in [0.4, 0.5) is 34.9 Å². The molecule has 0 spiro atoms. The molecule has 4 saturated heterocycles. The van der Waals surface area contributed by atoms with Crippen LogP contribution in [0.5, 0.6) is 5.75 Å². The quantitative estimate of drug-likeness (QED) is 0.122. The molecule has 2 aromatic carbocycles. The number of aromatic nitrogens is 6. The Morgan fingerprint density at radius 1 is 0.971 bits per heavy atom. The third-order valence-electron chi connectivity index (χ3n) is 13.8. The molecule has 2 amide bonds. The summed E-state index contributed by atoms with van der Waals surface area (Å²) in [5.41, 5.74) is 0.0188. The first-order valence-corrected chi connectivity index (χ1v) is 24.2. The highest BCUT2D eigenvalue weighted by molar-refractivity contribution is 7.89. The maximum atomic E-state index is 15.6. The van der Waals surface area contributed by atoms with Gasteiger partial charge in [-0.25, -0.2) is 27.6 Å². The zero-order chi connectivity index (χ0) is 48.1. The van der Waals surface area contributed by atoms with Crippen molar-refractivity contribution in [2.75, 3.05) is 70.3 Å². The Balaban J connectivity index is 0.809. The molecule has 23 heteroatoms. The fraction of sp³-hybridized carbons (Fsp3) is 0.511. The molecule has 0 radical (unpaired) electrons. The molecule has 18 nitrogen and oxygen atoms in total. The van der Waals surface area contributed by atoms with Gasteiger partial charge in [0.15, 0.2) is 0 Å². The fourth-order valence-corrected chi connectivity index (χ4v) is 11.5. The van der Waals surface area contributed by atoms with E-state index in [0.717, 1.165) is 31.1 Å². The van der Waals surface area contributed by atoms with Crippen molar-refractivity contribution < 1.29 is 45.0 Å². The van der Waals surface area contributed by atoms with E-state index in [1.54, 1.807) is 31.0 Å². The van der Waals surface area contributed by atoms with Gasteiger partial charge in [-0.15, -0.1) is 0 Å². The third-order valence-corrected chi connectivity index (χ3v) is 15.7. The predicted octanol–water partition coefficient (Wildman–Crippen LogP) is 5.23. The van der Waals surface area contributed by atoms with Crippen LogP contribution in [-0.4, -0.2) is 124 Å². The average Bonchev–Trinajstić information content (AvgIpc) is 3.92. The van der Waals surface area contributed by atoms with Gasteiger partial charge in [-0.05, 0) is 88.2 Å². The lowest BCUT2D eigenvalue weighted by Gasteiger charge is -2.40. The number of piperidine rings is 3. The van der Waals surface area contributed by atoms with Gasteiger partial charge in [0, 0.05) is 83.4 Å². The number of alkyl halides is 3. The van der Waals surface area contributed by atoms with Crippen molar-refractivity contribution in [3.63, 3.8) is 0 Å². The second-order valence-corrected chi connectivity index (χ2v) is 19.9. The molecule has 2 N–H and O–H groups in total. The second kappa shape index (κ2) is 18.9. The molecule has 0 saturated carbocycles. The lowest BCUT2D eigenvalue weighted by atomic mass is 9.95. The number of benzene rings is 2. The number of aryl methyl sites for hydroxylation is 1. The van der Waals surface area contributed by atoms with Gasteiger partial charge < -0.3 is 24.6 Å². The van der Waals surface area contributed by atoms with Crippen LogP contribution < -0.4 is 26.0 Å². The summed E-state index contributed by atoms with van der Waals surface area (Å²) in [7, 11) is 1.25. The monoisotopic (exact) mass is 967 g/mol. The lowest BCUT2D eigenvalue weighted by Crippen LogP contribution is -2.46. The van der Waals surface area contributed by atoms with Crippen molar-refractivity contribution in [3.8, 4) is 17.0 Å². The van der Waals surface area contributed by atoms with Crippen LogP contribution in [0.15, 0.2) is 58.6 Å². The van der Waals surface area contributed by atoms with E-state index in [1.165, 1.54) is 38.0 Å². The number of nitrogens with zero attached hydrogens (tertiary/aromatic N) is 9. The molecule has 7 heterocycles. The minimum atomic E-state index is -4.78. The van der Waals surface area contributed by atoms with Gasteiger partial charge >= 0.3 is 11.9 Å². The van der Waals surface area contributed by atoms with Gasteiger partial charge in [0.2, 0.25) is 27.8 Å². The molecule has 5 aromatic rings. The van der Waals surface area contributed by atoms with E-state index >= 15 is 4.39 Å². The number of methoxy groups -OCH3 is 1. The van der Waals surface area contributed by atoms with E-state index in [4.69, 9.17) is 9.47 Å². The van der Waals surface area contributed by atoms with Crippen LogP contribution in [0.1, 0.15) is 69.0 Å². The zero-order valence-electron chi connectivity index (χ0n) is 37.8. The fourth-order valence-electron chi connectivity index (χ4n) is 10.1. The largest absolute Gasteiger partial charge is 0.494 e. The number of halogens is 4. The second-order valence-electron chi connectivity index (χ2n) is 17.9. The first-order valence-electron chi connectivity index (χ1n) is 22.7. The molecule has 68 heavy (non-hydrogen) atoms. The SMILES string of the molecule is COc1ccc2c(c1N1CCC(N(C)CC3CCN(S(=O)(=O)c4ccc(Nc5ncc(C(F)(F)F)c(-c6cnn(C7CCOCC7)c6)n5)c(F)c4)CC3)CC1)n(C)c(=O)n2C1CCC(=O)NC1=O. The average molecular weight is 968 g/mol. The normalized spacial score (nSPS) is 19.8. The Kier molecular flexibility index (Phi) is 13.1. The number of carbonyl (C=O) groups is 2. The number of imide groups is 1. The van der Waals surface area contributed by atoms with Crippen molar-refractivity contribution in [2.24, 2.45) is 13.0 Å². The van der Waals surface area contributed by atoms with E-state index in [1.807, 2.05) is 0 Å². The maximum absolute atomic E-state index is 15.6. The third kappa shape index (κ3) is 9.19. The van der Waals surface area contributed by atoms with Gasteiger partial charge in [0.05, 0.1) is 46.7 Å². The minimum Gasteiger partial charge on any atom is -0.494 e. The number of carbonyl (C=O) groups excluding carboxylic acids is 2. The van der Waals surface area contributed by atoms with E-state index in [0.29, 0.717) is 75.0 Å². The Hall–Kier alpha value is -5.91. The molecule has 3 aromatic heterocycles. The zero-order valence-corrected chi connectivity index (χ0v) is 38.7. The first-order chi connectivity index (χ1) is 32.5. The number of hydrogen-bond donors (Lipinski definition) is 2. The molecule has 364 valence electrons. The highest BCUT2D eigenvalue weighted by atomic mass is 32.2. The Bertz CT molecular complexity index is 2880. The summed E-state index contributed by atoms with van der Waals surface area (Å²) in [6, 6.07) is 6.31. The van der Waals surface area contributed by atoms with Crippen molar-refractivity contribution in [2.45, 2.75) is 80.6 Å². The molecule has 4 fully saturated rings. The smallest absolute Gasteiger partial charge is 0.419 e. The number of hydrogen-bond acceptors (Lipinski definition) is 13. The van der Waals surface area contributed by atoms with Gasteiger partial charge in [0.1, 0.15) is 28.9 Å². The first kappa shape index (κ1) is 47.2. The standard InChI is InChI=1S/C45H53F4N11O7S/c1-55(29-12-16-57(17-13-29)41-37(66-3)8-6-35-40(41)56(2)44(63)60(35)36-7-9-38(61)53-42(36)62)25-27-10-18-58(19-11-27)68(64,65)31-4-5-34(33(46)22-31)52-43-50-24-32(45(47,48)49)39(54-43)28-23-51-59(26-28)30-14-20-67-21-15-30/h4-6,8,22-24,26-27,29-30,36H,7,9-21,25H2,1-3H3,(H,50,52,54)(H,53,61,62). The Morgan fingerprint density at radius 2 is 1.71 bits per heavy atom. The van der Waals surface area contributed by atoms with Gasteiger partial charge in [-0.3, -0.25) is 28.7 Å². The minimum absolute atomic E-state index is 0.0390. The molecule has 0 bridgehead atoms. The van der Waals surface area contributed by atoms with Crippen LogP contribution in [0, 0.1) is 11.7 Å². The van der Waals surface area contributed by atoms with Crippen LogP contribution in [-0.2, 0) is 37.6 Å². The maximum Gasteiger partial charge on any atom is 0.419 e. The van der Waals surface area contributed by atoms with Crippen LogP contribution in [0.25, 0.3) is 22.3 Å². The topological polar surface area (TPSA) is 191 Å². The Labute approximate surface area is 389 Å². The van der Waals surface area contributed by atoms with Crippen molar-refractivity contribution in [1.29, 1.82) is 0 Å². The number of sulfonamides is 1. The summed E-state index contributed by atoms with van der Waals surface area (Å²) >= 11 is 0. The summed E-state index contributed by atoms with van der Waals surface area (Å²) in [5, 5.41) is 9.25. The van der Waals surface area contributed by atoms with Crippen molar-refractivity contribution in [1.82, 2.24) is 43.4 Å². The summed E-state index contributed by atoms with van der Waals surface area (Å²) in [6.07, 6.45) is 3.15. The number of fused-ring (bicyclic) bond motifs is 1. The predicted molar refractivity (Wildman–Crippen MR) is 242 cm³/mol. The van der Waals surface area contributed by atoms with Gasteiger partial charge in [-0.2, -0.15) is 22.6 Å². The summed E-state index contributed by atoms with van der Waals surface area (Å²) in [4.78, 5) is 50.5. The molecule has 4 aliphatic heterocycles. The Morgan fingerprint density at radius 3 is 2.38 bits per heavy atom. The summed E-state index contributed by atoms with van der Waals surface area (Å²) in [5.74, 6) is -1.30. The highest BCUT2D eigenvalue weighted by Crippen LogP contribution is 2.40. The number of rotatable bonds is 12. The summed E-state index contributed by atoms with van der Waals surface area (Å²) < 4.78 is 103. The molecule has 1 unspecified atom stereocenters. The van der Waals surface area contributed by atoms with Crippen molar-refractivity contribution in [3.05, 3.63) is 70.8 Å². The number of imidazole rings is 1. The van der Waals surface area contributed by atoms with Crippen LogP contribution in [0.2, 0.25) is 0 Å². The van der Waals surface area contributed by atoms with Crippen LogP contribution >= 0.6 is 0 Å². The van der Waals surface area contributed by atoms with E-state index < -0.39 is 45.2 Å². The van der Waals surface area contributed by atoms with E-state index in [9.17, 15) is 36.0 Å². The molecule has 0 aliphatic carbocycles.